The number of nitrogens with zero attached hydrogens (tertiary/aromatic N) is 2. The first-order valence-electron chi connectivity index (χ1n) is 11.0. The number of ether oxygens (including phenoxy) is 1. The Morgan fingerprint density at radius 1 is 1.06 bits per heavy atom. The highest BCUT2D eigenvalue weighted by molar-refractivity contribution is 6.28. The minimum Gasteiger partial charge on any atom is -0.465 e. The van der Waals surface area contributed by atoms with E-state index in [4.69, 9.17) is 9.26 Å². The van der Waals surface area contributed by atoms with E-state index in [9.17, 15) is 9.59 Å². The molecule has 0 radical (unpaired) electrons. The number of hydrogen-bond acceptors (Lipinski definition) is 7. The van der Waals surface area contributed by atoms with Gasteiger partial charge in [0, 0.05) is 29.9 Å². The molecule has 4 aromatic rings. The van der Waals surface area contributed by atoms with E-state index in [2.05, 4.69) is 15.4 Å². The third-order valence-electron chi connectivity index (χ3n) is 6.41. The molecule has 164 valence electrons. The van der Waals surface area contributed by atoms with Gasteiger partial charge in [0.25, 0.3) is 0 Å². The average molecular weight is 439 g/mol. The van der Waals surface area contributed by atoms with Crippen LogP contribution in [-0.4, -0.2) is 37.1 Å². The van der Waals surface area contributed by atoms with Gasteiger partial charge in [-0.15, -0.1) is 0 Å². The molecule has 7 nitrogen and oxygen atoms in total. The van der Waals surface area contributed by atoms with E-state index in [0.717, 1.165) is 53.8 Å². The van der Waals surface area contributed by atoms with E-state index in [1.165, 1.54) is 7.11 Å². The predicted octanol–water partition coefficient (Wildman–Crippen LogP) is 5.17. The fourth-order valence-electron chi connectivity index (χ4n) is 4.80. The predicted molar refractivity (Wildman–Crippen MR) is 125 cm³/mol. The highest BCUT2D eigenvalue weighted by atomic mass is 16.5. The molecular weight excluding hydrogens is 418 g/mol. The zero-order valence-corrected chi connectivity index (χ0v) is 18.1. The largest absolute Gasteiger partial charge is 0.465 e. The van der Waals surface area contributed by atoms with E-state index in [1.54, 1.807) is 24.3 Å². The third-order valence-corrected chi connectivity index (χ3v) is 6.41. The number of nitrogens with one attached hydrogen (secondary N) is 1. The molecule has 6 rings (SSSR count). The normalized spacial score (nSPS) is 14.5. The van der Waals surface area contributed by atoms with Gasteiger partial charge in [0.1, 0.15) is 5.52 Å². The van der Waals surface area contributed by atoms with Gasteiger partial charge in [-0.2, -0.15) is 0 Å². The van der Waals surface area contributed by atoms with Crippen molar-refractivity contribution in [1.29, 1.82) is 0 Å². The summed E-state index contributed by atoms with van der Waals surface area (Å²) in [5.74, 6) is 0.170. The van der Waals surface area contributed by atoms with Crippen molar-refractivity contribution in [3.63, 3.8) is 0 Å². The second-order valence-electron chi connectivity index (χ2n) is 8.32. The first-order chi connectivity index (χ1) is 16.2. The minimum absolute atomic E-state index is 0.0621. The number of rotatable bonds is 4. The number of hydrogen-bond donors (Lipinski definition) is 1. The fraction of sp³-hybridized carbons (Fsp3) is 0.192. The van der Waals surface area contributed by atoms with Crippen LogP contribution in [0.1, 0.15) is 39.1 Å². The summed E-state index contributed by atoms with van der Waals surface area (Å²) in [6.45, 7) is 1.88. The summed E-state index contributed by atoms with van der Waals surface area (Å²) >= 11 is 0. The standard InChI is InChI=1S/C26H21N3O4/c1-32-26(31)15-8-10-16(11-9-15)27-19-14-20(29-12-4-5-13-29)23-22-21(19)24(30)17-6-2-3-7-18(17)25(22)33-28-23/h2-3,6-11,14,27H,4-5,12-13H2,1H3. The molecule has 0 spiro atoms. The summed E-state index contributed by atoms with van der Waals surface area (Å²) in [4.78, 5) is 27.7. The molecule has 0 bridgehead atoms. The van der Waals surface area contributed by atoms with Gasteiger partial charge in [-0.1, -0.05) is 29.4 Å². The molecule has 3 aromatic carbocycles. The highest BCUT2D eigenvalue weighted by Gasteiger charge is 2.34. The summed E-state index contributed by atoms with van der Waals surface area (Å²) in [6.07, 6.45) is 2.24. The Balaban J connectivity index is 1.54. The van der Waals surface area contributed by atoms with Gasteiger partial charge in [0.05, 0.1) is 35.0 Å². The SMILES string of the molecule is COC(=O)c1ccc(Nc2cc(N3CCCC3)c3noc4c3c2C(=O)c2ccccc2-4)cc1. The monoisotopic (exact) mass is 439 g/mol. The van der Waals surface area contributed by atoms with Gasteiger partial charge in [-0.25, -0.2) is 4.79 Å². The third kappa shape index (κ3) is 3.00. The molecule has 1 fully saturated rings. The van der Waals surface area contributed by atoms with Crippen molar-refractivity contribution in [2.24, 2.45) is 0 Å². The number of benzene rings is 3. The van der Waals surface area contributed by atoms with Crippen LogP contribution in [0.25, 0.3) is 22.2 Å². The highest BCUT2D eigenvalue weighted by Crippen LogP contribution is 2.46. The van der Waals surface area contributed by atoms with Gasteiger partial charge < -0.3 is 19.5 Å². The van der Waals surface area contributed by atoms with E-state index in [1.807, 2.05) is 30.3 Å². The second-order valence-corrected chi connectivity index (χ2v) is 8.32. The topological polar surface area (TPSA) is 84.7 Å². The summed E-state index contributed by atoms with van der Waals surface area (Å²) in [7, 11) is 1.36. The zero-order chi connectivity index (χ0) is 22.5. The molecule has 1 aliphatic carbocycles. The Labute approximate surface area is 189 Å². The Morgan fingerprint density at radius 2 is 1.79 bits per heavy atom. The Bertz CT molecular complexity index is 1420. The van der Waals surface area contributed by atoms with Crippen molar-refractivity contribution >= 4 is 39.7 Å². The summed E-state index contributed by atoms with van der Waals surface area (Å²) < 4.78 is 10.6. The van der Waals surface area contributed by atoms with Crippen molar-refractivity contribution in [3.8, 4) is 11.3 Å². The Kier molecular flexibility index (Phi) is 4.43. The van der Waals surface area contributed by atoms with Crippen molar-refractivity contribution in [1.82, 2.24) is 5.16 Å². The molecule has 0 unspecified atom stereocenters. The lowest BCUT2D eigenvalue weighted by Crippen LogP contribution is -2.19. The van der Waals surface area contributed by atoms with Crippen LogP contribution in [0.2, 0.25) is 0 Å². The second kappa shape index (κ2) is 7.48. The van der Waals surface area contributed by atoms with Crippen LogP contribution in [0.5, 0.6) is 0 Å². The lowest BCUT2D eigenvalue weighted by atomic mass is 9.86. The first-order valence-corrected chi connectivity index (χ1v) is 11.0. The van der Waals surface area contributed by atoms with Crippen LogP contribution >= 0.6 is 0 Å². The van der Waals surface area contributed by atoms with Crippen LogP contribution in [0.4, 0.5) is 17.1 Å². The molecule has 1 N–H and O–H groups in total. The van der Waals surface area contributed by atoms with Crippen LogP contribution in [-0.2, 0) is 4.74 Å². The molecule has 0 saturated carbocycles. The smallest absolute Gasteiger partial charge is 0.337 e. The maximum atomic E-state index is 13.6. The number of fused-ring (bicyclic) bond motifs is 2. The van der Waals surface area contributed by atoms with E-state index < -0.39 is 5.97 Å². The van der Waals surface area contributed by atoms with E-state index in [-0.39, 0.29) is 5.78 Å². The lowest BCUT2D eigenvalue weighted by Gasteiger charge is -2.23. The van der Waals surface area contributed by atoms with E-state index >= 15 is 0 Å². The molecule has 7 heteroatoms. The fourth-order valence-corrected chi connectivity index (χ4v) is 4.80. The van der Waals surface area contributed by atoms with Crippen molar-refractivity contribution in [2.45, 2.75) is 12.8 Å². The number of esters is 1. The number of aromatic nitrogens is 1. The van der Waals surface area contributed by atoms with Crippen LogP contribution in [0, 0.1) is 0 Å². The lowest BCUT2D eigenvalue weighted by molar-refractivity contribution is 0.0600. The molecule has 1 aromatic heterocycles. The maximum Gasteiger partial charge on any atom is 0.337 e. The van der Waals surface area contributed by atoms with Crippen molar-refractivity contribution in [3.05, 3.63) is 71.3 Å². The van der Waals surface area contributed by atoms with E-state index in [0.29, 0.717) is 28.1 Å². The molecule has 1 aliphatic heterocycles. The maximum absolute atomic E-state index is 13.6. The number of anilines is 3. The number of carbonyl (C=O) groups is 2. The molecular formula is C26H21N3O4. The molecule has 0 atom stereocenters. The molecule has 2 aliphatic rings. The minimum atomic E-state index is -0.393. The number of carbonyl (C=O) groups excluding carboxylic acids is 2. The summed E-state index contributed by atoms with van der Waals surface area (Å²) in [5.41, 5.74) is 5.52. The van der Waals surface area contributed by atoms with Crippen LogP contribution in [0.3, 0.4) is 0 Å². The van der Waals surface area contributed by atoms with Crippen LogP contribution < -0.4 is 10.2 Å². The van der Waals surface area contributed by atoms with Gasteiger partial charge in [-0.3, -0.25) is 4.79 Å². The average Bonchev–Trinajstić information content (AvgIpc) is 3.54. The molecule has 1 saturated heterocycles. The zero-order valence-electron chi connectivity index (χ0n) is 18.1. The van der Waals surface area contributed by atoms with Crippen molar-refractivity contribution in [2.75, 3.05) is 30.4 Å². The Hall–Kier alpha value is -4.13. The Morgan fingerprint density at radius 3 is 2.52 bits per heavy atom. The summed E-state index contributed by atoms with van der Waals surface area (Å²) in [6, 6.07) is 16.5. The molecule has 2 heterocycles. The van der Waals surface area contributed by atoms with Gasteiger partial charge in [-0.05, 0) is 43.2 Å². The van der Waals surface area contributed by atoms with Crippen molar-refractivity contribution < 1.29 is 18.8 Å². The first kappa shape index (κ1) is 19.5. The van der Waals surface area contributed by atoms with Crippen LogP contribution in [0.15, 0.2) is 59.1 Å². The summed E-state index contributed by atoms with van der Waals surface area (Å²) in [5, 5.41) is 8.56. The van der Waals surface area contributed by atoms with Gasteiger partial charge in [0.2, 0.25) is 0 Å². The quantitative estimate of drug-likeness (QED) is 0.387. The van der Waals surface area contributed by atoms with Gasteiger partial charge in [0.15, 0.2) is 11.5 Å². The van der Waals surface area contributed by atoms with Gasteiger partial charge >= 0.3 is 5.97 Å². The molecule has 0 amide bonds. The number of ketones is 1. The molecule has 33 heavy (non-hydrogen) atoms. The number of methoxy groups -OCH3 is 1.